The van der Waals surface area contributed by atoms with Crippen molar-refractivity contribution in [2.75, 3.05) is 0 Å². The second-order valence-electron chi connectivity index (χ2n) is 5.75. The van der Waals surface area contributed by atoms with Gasteiger partial charge in [-0.25, -0.2) is 0 Å². The molecule has 19 heavy (non-hydrogen) atoms. The number of benzene rings is 1. The van der Waals surface area contributed by atoms with Gasteiger partial charge in [0.2, 0.25) is 0 Å². The van der Waals surface area contributed by atoms with Gasteiger partial charge >= 0.3 is 0 Å². The summed E-state index contributed by atoms with van der Waals surface area (Å²) >= 11 is 0. The lowest BCUT2D eigenvalue weighted by Gasteiger charge is -2.18. The number of carbonyl (C=O) groups excluding carboxylic acids is 1. The molecule has 1 heteroatoms. The molecule has 2 rings (SSSR count). The molecular weight excluding hydrogens is 232 g/mol. The van der Waals surface area contributed by atoms with Crippen molar-refractivity contribution in [3.63, 3.8) is 0 Å². The third-order valence-electron chi connectivity index (χ3n) is 4.17. The van der Waals surface area contributed by atoms with Crippen molar-refractivity contribution in [2.45, 2.75) is 71.1 Å². The normalized spacial score (nSPS) is 14.5. The van der Waals surface area contributed by atoms with E-state index in [0.29, 0.717) is 5.78 Å². The van der Waals surface area contributed by atoms with Gasteiger partial charge in [0.05, 0.1) is 0 Å². The summed E-state index contributed by atoms with van der Waals surface area (Å²) in [6.07, 6.45) is 11.9. The van der Waals surface area contributed by atoms with Gasteiger partial charge in [-0.05, 0) is 36.8 Å². The highest BCUT2D eigenvalue weighted by Gasteiger charge is 2.19. The van der Waals surface area contributed by atoms with Crippen LogP contribution in [-0.4, -0.2) is 5.78 Å². The molecule has 0 aliphatic heterocycles. The highest BCUT2D eigenvalue weighted by molar-refractivity contribution is 5.99. The summed E-state index contributed by atoms with van der Waals surface area (Å²) in [4.78, 5) is 12.1. The number of carbonyl (C=O) groups is 1. The number of hydrogen-bond acceptors (Lipinski definition) is 1. The third-order valence-corrected chi connectivity index (χ3v) is 4.17. The van der Waals surface area contributed by atoms with Crippen LogP contribution < -0.4 is 0 Å². The van der Waals surface area contributed by atoms with Crippen LogP contribution in [0.15, 0.2) is 18.2 Å². The largest absolute Gasteiger partial charge is 0.294 e. The number of aryl methyl sites for hydroxylation is 2. The molecule has 0 aromatic heterocycles. The number of rotatable bonds is 7. The number of unbranched alkanes of at least 4 members (excludes halogenated alkanes) is 5. The Morgan fingerprint density at radius 1 is 1.00 bits per heavy atom. The molecule has 1 aliphatic rings. The standard InChI is InChI=1S/C18H26O/c1-2-3-4-5-6-7-10-15-11-8-12-16-13-9-14-17(19)18(15)16/h8,11-12H,2-7,9-10,13-14H2,1H3. The lowest BCUT2D eigenvalue weighted by atomic mass is 9.86. The SMILES string of the molecule is CCCCCCCCc1cccc2c1C(=O)CCC2. The van der Waals surface area contributed by atoms with Gasteiger partial charge in [-0.3, -0.25) is 4.79 Å². The smallest absolute Gasteiger partial charge is 0.163 e. The minimum atomic E-state index is 0.378. The lowest BCUT2D eigenvalue weighted by Crippen LogP contribution is -2.13. The molecular formula is C18H26O. The van der Waals surface area contributed by atoms with E-state index in [1.807, 2.05) is 0 Å². The van der Waals surface area contributed by atoms with Crippen molar-refractivity contribution in [1.29, 1.82) is 0 Å². The maximum absolute atomic E-state index is 12.1. The summed E-state index contributed by atoms with van der Waals surface area (Å²) in [5.74, 6) is 0.378. The maximum Gasteiger partial charge on any atom is 0.163 e. The lowest BCUT2D eigenvalue weighted by molar-refractivity contribution is 0.0971. The fraction of sp³-hybridized carbons (Fsp3) is 0.611. The van der Waals surface area contributed by atoms with E-state index in [2.05, 4.69) is 25.1 Å². The number of Topliss-reactive ketones (excluding diaryl/α,β-unsaturated/α-hetero) is 1. The van der Waals surface area contributed by atoms with Crippen LogP contribution in [0.4, 0.5) is 0 Å². The summed E-state index contributed by atoms with van der Waals surface area (Å²) in [5, 5.41) is 0. The summed E-state index contributed by atoms with van der Waals surface area (Å²) < 4.78 is 0. The molecule has 0 saturated carbocycles. The molecule has 0 unspecified atom stereocenters. The van der Waals surface area contributed by atoms with E-state index >= 15 is 0 Å². The Hall–Kier alpha value is -1.11. The van der Waals surface area contributed by atoms with Gasteiger partial charge in [-0.2, -0.15) is 0 Å². The van der Waals surface area contributed by atoms with Crippen molar-refractivity contribution < 1.29 is 4.79 Å². The van der Waals surface area contributed by atoms with Crippen molar-refractivity contribution in [2.24, 2.45) is 0 Å². The summed E-state index contributed by atoms with van der Waals surface area (Å²) in [6.45, 7) is 2.25. The zero-order valence-electron chi connectivity index (χ0n) is 12.2. The molecule has 104 valence electrons. The molecule has 0 N–H and O–H groups in total. The minimum absolute atomic E-state index is 0.378. The van der Waals surface area contributed by atoms with E-state index in [0.717, 1.165) is 31.2 Å². The Morgan fingerprint density at radius 2 is 1.79 bits per heavy atom. The van der Waals surface area contributed by atoms with E-state index < -0.39 is 0 Å². The van der Waals surface area contributed by atoms with Crippen LogP contribution in [0.5, 0.6) is 0 Å². The molecule has 1 aliphatic carbocycles. The van der Waals surface area contributed by atoms with E-state index in [-0.39, 0.29) is 0 Å². The van der Waals surface area contributed by atoms with Gasteiger partial charge in [-0.1, -0.05) is 57.2 Å². The topological polar surface area (TPSA) is 17.1 Å². The van der Waals surface area contributed by atoms with Crippen molar-refractivity contribution in [1.82, 2.24) is 0 Å². The van der Waals surface area contributed by atoms with Crippen LogP contribution in [0.3, 0.4) is 0 Å². The molecule has 0 saturated heterocycles. The second-order valence-corrected chi connectivity index (χ2v) is 5.75. The zero-order chi connectivity index (χ0) is 13.5. The fourth-order valence-electron chi connectivity index (χ4n) is 3.09. The fourth-order valence-corrected chi connectivity index (χ4v) is 3.09. The highest BCUT2D eigenvalue weighted by Crippen LogP contribution is 2.25. The third kappa shape index (κ3) is 3.92. The minimum Gasteiger partial charge on any atom is -0.294 e. The van der Waals surface area contributed by atoms with Crippen LogP contribution in [-0.2, 0) is 12.8 Å². The Morgan fingerprint density at radius 3 is 2.63 bits per heavy atom. The van der Waals surface area contributed by atoms with Gasteiger partial charge < -0.3 is 0 Å². The van der Waals surface area contributed by atoms with Gasteiger partial charge in [0.25, 0.3) is 0 Å². The number of ketones is 1. The molecule has 0 fully saturated rings. The summed E-state index contributed by atoms with van der Waals surface area (Å²) in [5.41, 5.74) is 3.67. The molecule has 0 amide bonds. The summed E-state index contributed by atoms with van der Waals surface area (Å²) in [7, 11) is 0. The molecule has 1 aromatic carbocycles. The van der Waals surface area contributed by atoms with Crippen LogP contribution in [0.25, 0.3) is 0 Å². The second kappa shape index (κ2) is 7.47. The summed E-state index contributed by atoms with van der Waals surface area (Å²) in [6, 6.07) is 6.43. The van der Waals surface area contributed by atoms with Gasteiger partial charge in [0, 0.05) is 12.0 Å². The average Bonchev–Trinajstić information content (AvgIpc) is 2.43. The maximum atomic E-state index is 12.1. The Kier molecular flexibility index (Phi) is 5.62. The van der Waals surface area contributed by atoms with Crippen molar-refractivity contribution in [3.05, 3.63) is 34.9 Å². The number of hydrogen-bond donors (Lipinski definition) is 0. The first-order valence-electron chi connectivity index (χ1n) is 7.97. The van der Waals surface area contributed by atoms with Crippen LogP contribution in [0, 0.1) is 0 Å². The van der Waals surface area contributed by atoms with E-state index in [1.165, 1.54) is 49.7 Å². The zero-order valence-corrected chi connectivity index (χ0v) is 12.2. The molecule has 1 aromatic rings. The molecule has 0 spiro atoms. The van der Waals surface area contributed by atoms with E-state index in [4.69, 9.17) is 0 Å². The first kappa shape index (κ1) is 14.3. The molecule has 1 nitrogen and oxygen atoms in total. The van der Waals surface area contributed by atoms with Gasteiger partial charge in [0.15, 0.2) is 5.78 Å². The predicted octanol–water partition coefficient (Wildman–Crippen LogP) is 5.11. The van der Waals surface area contributed by atoms with E-state index in [1.54, 1.807) is 0 Å². The van der Waals surface area contributed by atoms with Crippen LogP contribution >= 0.6 is 0 Å². The quantitative estimate of drug-likeness (QED) is 0.621. The molecule has 0 radical (unpaired) electrons. The Balaban J connectivity index is 1.88. The van der Waals surface area contributed by atoms with Gasteiger partial charge in [-0.15, -0.1) is 0 Å². The monoisotopic (exact) mass is 258 g/mol. The first-order chi connectivity index (χ1) is 9.33. The van der Waals surface area contributed by atoms with Crippen molar-refractivity contribution >= 4 is 5.78 Å². The van der Waals surface area contributed by atoms with Gasteiger partial charge in [0.1, 0.15) is 0 Å². The number of fused-ring (bicyclic) bond motifs is 1. The molecule has 0 atom stereocenters. The average molecular weight is 258 g/mol. The predicted molar refractivity (Wildman–Crippen MR) is 80.8 cm³/mol. The Bertz CT molecular complexity index is 420. The Labute approximate surface area is 117 Å². The van der Waals surface area contributed by atoms with Crippen molar-refractivity contribution in [3.8, 4) is 0 Å². The molecule has 0 heterocycles. The van der Waals surface area contributed by atoms with Crippen LogP contribution in [0.1, 0.15) is 79.8 Å². The van der Waals surface area contributed by atoms with Crippen LogP contribution in [0.2, 0.25) is 0 Å². The highest BCUT2D eigenvalue weighted by atomic mass is 16.1. The molecule has 0 bridgehead atoms. The van der Waals surface area contributed by atoms with E-state index in [9.17, 15) is 4.79 Å². The first-order valence-corrected chi connectivity index (χ1v) is 7.97.